The minimum Gasteiger partial charge on any atom is -0.351 e. The fraction of sp³-hybridized carbons (Fsp3) is 0.200. The van der Waals surface area contributed by atoms with Gasteiger partial charge in [-0.2, -0.15) is 0 Å². The lowest BCUT2D eigenvalue weighted by Gasteiger charge is -2.04. The number of nitrogens with zero attached hydrogens (tertiary/aromatic N) is 2. The van der Waals surface area contributed by atoms with Gasteiger partial charge in [0.25, 0.3) is 5.91 Å². The van der Waals surface area contributed by atoms with Crippen molar-refractivity contribution in [3.05, 3.63) is 46.6 Å². The van der Waals surface area contributed by atoms with Crippen LogP contribution in [0.5, 0.6) is 0 Å². The number of thiazole rings is 1. The number of aryl methyl sites for hydroxylation is 3. The van der Waals surface area contributed by atoms with Crippen LogP contribution in [-0.4, -0.2) is 15.5 Å². The van der Waals surface area contributed by atoms with E-state index in [4.69, 9.17) is 0 Å². The van der Waals surface area contributed by atoms with Crippen LogP contribution in [-0.2, 0) is 7.05 Å². The number of rotatable bonds is 2. The van der Waals surface area contributed by atoms with Crippen molar-refractivity contribution >= 4 is 33.3 Å². The third-order valence-corrected chi connectivity index (χ3v) is 4.41. The molecule has 0 bridgehead atoms. The van der Waals surface area contributed by atoms with E-state index in [0.29, 0.717) is 10.7 Å². The summed E-state index contributed by atoms with van der Waals surface area (Å²) in [5, 5.41) is 4.49. The second-order valence-corrected chi connectivity index (χ2v) is 5.98. The van der Waals surface area contributed by atoms with Gasteiger partial charge in [-0.15, -0.1) is 11.3 Å². The first-order valence-corrected chi connectivity index (χ1v) is 7.17. The molecule has 2 aromatic heterocycles. The maximum atomic E-state index is 12.4. The molecule has 0 unspecified atom stereocenters. The fourth-order valence-electron chi connectivity index (χ4n) is 2.19. The Morgan fingerprint density at radius 1 is 1.30 bits per heavy atom. The maximum Gasteiger partial charge on any atom is 0.258 e. The van der Waals surface area contributed by atoms with Crippen molar-refractivity contribution in [3.8, 4) is 0 Å². The van der Waals surface area contributed by atoms with Gasteiger partial charge in [0.1, 0.15) is 0 Å². The topological polar surface area (TPSA) is 46.9 Å². The van der Waals surface area contributed by atoms with Crippen LogP contribution in [0.15, 0.2) is 30.5 Å². The van der Waals surface area contributed by atoms with Crippen molar-refractivity contribution in [2.75, 3.05) is 5.32 Å². The summed E-state index contributed by atoms with van der Waals surface area (Å²) < 4.78 is 2.00. The van der Waals surface area contributed by atoms with Gasteiger partial charge < -0.3 is 4.57 Å². The first-order chi connectivity index (χ1) is 9.56. The minimum absolute atomic E-state index is 0.115. The molecule has 3 aromatic rings. The van der Waals surface area contributed by atoms with Crippen LogP contribution in [0.2, 0.25) is 0 Å². The number of carbonyl (C=O) groups is 1. The van der Waals surface area contributed by atoms with Crippen LogP contribution in [0, 0.1) is 13.8 Å². The van der Waals surface area contributed by atoms with E-state index in [2.05, 4.69) is 10.3 Å². The summed E-state index contributed by atoms with van der Waals surface area (Å²) in [6.45, 7) is 3.94. The molecule has 0 atom stereocenters. The Bertz CT molecular complexity index is 781. The Morgan fingerprint density at radius 3 is 2.80 bits per heavy atom. The van der Waals surface area contributed by atoms with Crippen LogP contribution in [0.4, 0.5) is 5.13 Å². The third-order valence-electron chi connectivity index (χ3n) is 3.42. The smallest absolute Gasteiger partial charge is 0.258 e. The number of aromatic nitrogens is 2. The first kappa shape index (κ1) is 12.9. The van der Waals surface area contributed by atoms with Crippen molar-refractivity contribution in [1.29, 1.82) is 0 Å². The van der Waals surface area contributed by atoms with E-state index < -0.39 is 0 Å². The molecule has 0 radical (unpaired) electrons. The molecule has 0 fully saturated rings. The average molecular weight is 285 g/mol. The summed E-state index contributed by atoms with van der Waals surface area (Å²) in [4.78, 5) is 17.9. The summed E-state index contributed by atoms with van der Waals surface area (Å²) >= 11 is 1.50. The lowest BCUT2D eigenvalue weighted by molar-refractivity contribution is 0.102. The lowest BCUT2D eigenvalue weighted by atomic mass is 10.1. The summed E-state index contributed by atoms with van der Waals surface area (Å²) in [7, 11) is 1.97. The van der Waals surface area contributed by atoms with Gasteiger partial charge in [-0.25, -0.2) is 4.98 Å². The minimum atomic E-state index is -0.115. The number of nitrogens with one attached hydrogen (secondary N) is 1. The molecular formula is C15H15N3OS. The highest BCUT2D eigenvalue weighted by Gasteiger charge is 2.13. The molecule has 3 rings (SSSR count). The van der Waals surface area contributed by atoms with Gasteiger partial charge in [0.05, 0.1) is 5.69 Å². The number of benzene rings is 1. The lowest BCUT2D eigenvalue weighted by Crippen LogP contribution is -2.12. The van der Waals surface area contributed by atoms with Crippen LogP contribution in [0.1, 0.15) is 20.9 Å². The predicted octanol–water partition coefficient (Wildman–Crippen LogP) is 3.50. The Labute approximate surface area is 121 Å². The van der Waals surface area contributed by atoms with E-state index in [-0.39, 0.29) is 5.91 Å². The summed E-state index contributed by atoms with van der Waals surface area (Å²) in [6, 6.07) is 7.70. The molecule has 20 heavy (non-hydrogen) atoms. The van der Waals surface area contributed by atoms with Crippen molar-refractivity contribution in [2.45, 2.75) is 13.8 Å². The van der Waals surface area contributed by atoms with Crippen molar-refractivity contribution in [1.82, 2.24) is 9.55 Å². The first-order valence-electron chi connectivity index (χ1n) is 6.35. The molecule has 0 aliphatic rings. The molecule has 2 heterocycles. The fourth-order valence-corrected chi connectivity index (χ4v) is 3.00. The van der Waals surface area contributed by atoms with E-state index in [1.54, 1.807) is 0 Å². The molecule has 1 amide bonds. The van der Waals surface area contributed by atoms with Gasteiger partial charge in [0.2, 0.25) is 0 Å². The van der Waals surface area contributed by atoms with E-state index >= 15 is 0 Å². The summed E-state index contributed by atoms with van der Waals surface area (Å²) in [5.74, 6) is -0.115. The van der Waals surface area contributed by atoms with E-state index in [0.717, 1.165) is 21.5 Å². The van der Waals surface area contributed by atoms with Crippen molar-refractivity contribution in [2.24, 2.45) is 7.05 Å². The maximum absolute atomic E-state index is 12.4. The Morgan fingerprint density at radius 2 is 2.10 bits per heavy atom. The highest BCUT2D eigenvalue weighted by atomic mass is 32.1. The van der Waals surface area contributed by atoms with Gasteiger partial charge in [-0.1, -0.05) is 6.07 Å². The number of hydrogen-bond donors (Lipinski definition) is 1. The van der Waals surface area contributed by atoms with E-state index in [1.807, 2.05) is 55.9 Å². The molecule has 0 aliphatic heterocycles. The highest BCUT2D eigenvalue weighted by molar-refractivity contribution is 7.15. The molecule has 4 nitrogen and oxygen atoms in total. The Kier molecular flexibility index (Phi) is 3.06. The Balaban J connectivity index is 1.96. The van der Waals surface area contributed by atoms with Gasteiger partial charge in [0, 0.05) is 34.6 Å². The van der Waals surface area contributed by atoms with Gasteiger partial charge in [-0.3, -0.25) is 10.1 Å². The standard InChI is InChI=1S/C15H15N3OS/c1-9-10(2)20-15(16-9)17-14(19)12-5-4-6-13-11(12)7-8-18(13)3/h4-8H,1-3H3,(H,16,17,19). The van der Waals surface area contributed by atoms with Crippen LogP contribution in [0.25, 0.3) is 10.9 Å². The molecule has 1 aromatic carbocycles. The summed E-state index contributed by atoms with van der Waals surface area (Å²) in [6.07, 6.45) is 1.96. The SMILES string of the molecule is Cc1nc(NC(=O)c2cccc3c2ccn3C)sc1C. The molecule has 1 N–H and O–H groups in total. The number of carbonyl (C=O) groups excluding carboxylic acids is 1. The van der Waals surface area contributed by atoms with Crippen molar-refractivity contribution < 1.29 is 4.79 Å². The van der Waals surface area contributed by atoms with Gasteiger partial charge in [0.15, 0.2) is 5.13 Å². The van der Waals surface area contributed by atoms with Crippen LogP contribution >= 0.6 is 11.3 Å². The molecule has 0 aliphatic carbocycles. The summed E-state index contributed by atoms with van der Waals surface area (Å²) in [5.41, 5.74) is 2.68. The average Bonchev–Trinajstić information content (AvgIpc) is 2.94. The number of fused-ring (bicyclic) bond motifs is 1. The zero-order valence-electron chi connectivity index (χ0n) is 11.6. The highest BCUT2D eigenvalue weighted by Crippen LogP contribution is 2.24. The van der Waals surface area contributed by atoms with Crippen molar-refractivity contribution in [3.63, 3.8) is 0 Å². The van der Waals surface area contributed by atoms with Gasteiger partial charge in [-0.05, 0) is 32.0 Å². The second kappa shape index (κ2) is 4.76. The predicted molar refractivity (Wildman–Crippen MR) is 82.5 cm³/mol. The van der Waals surface area contributed by atoms with Crippen LogP contribution in [0.3, 0.4) is 0 Å². The molecule has 0 saturated heterocycles. The van der Waals surface area contributed by atoms with E-state index in [9.17, 15) is 4.79 Å². The molecule has 102 valence electrons. The number of hydrogen-bond acceptors (Lipinski definition) is 3. The van der Waals surface area contributed by atoms with E-state index in [1.165, 1.54) is 11.3 Å². The molecule has 0 saturated carbocycles. The normalized spacial score (nSPS) is 10.9. The number of anilines is 1. The Hall–Kier alpha value is -2.14. The molecule has 5 heteroatoms. The van der Waals surface area contributed by atoms with Crippen LogP contribution < -0.4 is 5.32 Å². The second-order valence-electron chi connectivity index (χ2n) is 4.78. The largest absolute Gasteiger partial charge is 0.351 e. The zero-order chi connectivity index (χ0) is 14.3. The third kappa shape index (κ3) is 2.10. The monoisotopic (exact) mass is 285 g/mol. The quantitative estimate of drug-likeness (QED) is 0.783. The molecular weight excluding hydrogens is 270 g/mol. The number of amides is 1. The van der Waals surface area contributed by atoms with Gasteiger partial charge >= 0.3 is 0 Å². The molecule has 0 spiro atoms. The zero-order valence-corrected chi connectivity index (χ0v) is 12.4.